The Morgan fingerprint density at radius 2 is 1.40 bits per heavy atom. The number of rotatable bonds is 9. The Morgan fingerprint density at radius 1 is 0.800 bits per heavy atom. The van der Waals surface area contributed by atoms with E-state index in [0.717, 1.165) is 38.1 Å². The van der Waals surface area contributed by atoms with Gasteiger partial charge in [-0.25, -0.2) is 5.43 Å². The lowest BCUT2D eigenvalue weighted by Crippen LogP contribution is -2.17. The first kappa shape index (κ1) is 24.9. The quantitative estimate of drug-likeness (QED) is 0.140. The standard InChI is InChI=1S/C28H22Cl2N2O2S/c29-24-9-3-21(4-10-24)18-34-26-13-5-20(6-14-26)17-31-32-28(33)23-7-1-22(2-8-23)19-35-27-15-11-25(30)12-16-27/h1-17H,18-19H2,(H,32,33)/b31-17-. The maximum atomic E-state index is 12.4. The molecule has 0 atom stereocenters. The molecular weight excluding hydrogens is 499 g/mol. The van der Waals surface area contributed by atoms with Crippen LogP contribution >= 0.6 is 35.0 Å². The number of amides is 1. The molecule has 0 aliphatic carbocycles. The third-order valence-electron chi connectivity index (χ3n) is 5.01. The zero-order chi connectivity index (χ0) is 24.5. The van der Waals surface area contributed by atoms with E-state index >= 15 is 0 Å². The lowest BCUT2D eigenvalue weighted by molar-refractivity contribution is 0.0955. The smallest absolute Gasteiger partial charge is 0.271 e. The molecule has 0 spiro atoms. The lowest BCUT2D eigenvalue weighted by Gasteiger charge is -2.06. The number of hydrogen-bond donors (Lipinski definition) is 1. The largest absolute Gasteiger partial charge is 0.489 e. The SMILES string of the molecule is O=C(N/N=C\c1ccc(OCc2ccc(Cl)cc2)cc1)c1ccc(CSc2ccc(Cl)cc2)cc1. The predicted octanol–water partition coefficient (Wildman–Crippen LogP) is 7.63. The first-order valence-electron chi connectivity index (χ1n) is 10.8. The maximum absolute atomic E-state index is 12.4. The van der Waals surface area contributed by atoms with E-state index < -0.39 is 0 Å². The van der Waals surface area contributed by atoms with Crippen LogP contribution in [0, 0.1) is 0 Å². The Morgan fingerprint density at radius 3 is 2.06 bits per heavy atom. The number of nitrogens with one attached hydrogen (secondary N) is 1. The third-order valence-corrected chi connectivity index (χ3v) is 6.60. The monoisotopic (exact) mass is 520 g/mol. The fourth-order valence-electron chi connectivity index (χ4n) is 3.08. The van der Waals surface area contributed by atoms with Crippen LogP contribution in [0.25, 0.3) is 0 Å². The minimum absolute atomic E-state index is 0.263. The topological polar surface area (TPSA) is 50.7 Å². The van der Waals surface area contributed by atoms with Crippen molar-refractivity contribution in [3.8, 4) is 5.75 Å². The van der Waals surface area contributed by atoms with E-state index in [1.54, 1.807) is 30.1 Å². The lowest BCUT2D eigenvalue weighted by atomic mass is 10.1. The van der Waals surface area contributed by atoms with Crippen LogP contribution < -0.4 is 10.2 Å². The Labute approximate surface area is 218 Å². The number of carbonyl (C=O) groups is 1. The number of carbonyl (C=O) groups excluding carboxylic acids is 1. The minimum Gasteiger partial charge on any atom is -0.489 e. The van der Waals surface area contributed by atoms with E-state index in [9.17, 15) is 4.79 Å². The molecule has 1 N–H and O–H groups in total. The van der Waals surface area contributed by atoms with Crippen molar-refractivity contribution in [2.24, 2.45) is 5.10 Å². The second-order valence-corrected chi connectivity index (χ2v) is 9.54. The van der Waals surface area contributed by atoms with Gasteiger partial charge in [0.1, 0.15) is 12.4 Å². The average molecular weight is 521 g/mol. The van der Waals surface area contributed by atoms with E-state index in [4.69, 9.17) is 27.9 Å². The molecular formula is C28H22Cl2N2O2S. The fraction of sp³-hybridized carbons (Fsp3) is 0.0714. The molecule has 1 amide bonds. The summed E-state index contributed by atoms with van der Waals surface area (Å²) in [4.78, 5) is 13.5. The highest BCUT2D eigenvalue weighted by Crippen LogP contribution is 2.24. The Balaban J connectivity index is 1.23. The van der Waals surface area contributed by atoms with Gasteiger partial charge in [0, 0.05) is 26.3 Å². The second-order valence-electron chi connectivity index (χ2n) is 7.62. The molecule has 4 aromatic carbocycles. The summed E-state index contributed by atoms with van der Waals surface area (Å²) >= 11 is 13.5. The van der Waals surface area contributed by atoms with Crippen LogP contribution in [0.1, 0.15) is 27.0 Å². The molecule has 0 unspecified atom stereocenters. The van der Waals surface area contributed by atoms with Crippen molar-refractivity contribution in [1.29, 1.82) is 0 Å². The molecule has 35 heavy (non-hydrogen) atoms. The highest BCUT2D eigenvalue weighted by molar-refractivity contribution is 7.98. The van der Waals surface area contributed by atoms with Gasteiger partial charge in [0.2, 0.25) is 0 Å². The zero-order valence-corrected chi connectivity index (χ0v) is 21.0. The van der Waals surface area contributed by atoms with E-state index in [1.807, 2.05) is 84.9 Å². The predicted molar refractivity (Wildman–Crippen MR) is 145 cm³/mol. The highest BCUT2D eigenvalue weighted by atomic mass is 35.5. The van der Waals surface area contributed by atoms with Crippen molar-refractivity contribution < 1.29 is 9.53 Å². The van der Waals surface area contributed by atoms with Crippen LogP contribution in [0.3, 0.4) is 0 Å². The molecule has 7 heteroatoms. The summed E-state index contributed by atoms with van der Waals surface area (Å²) in [6.07, 6.45) is 1.60. The van der Waals surface area contributed by atoms with Gasteiger partial charge in [-0.05, 0) is 89.5 Å². The normalized spacial score (nSPS) is 10.9. The van der Waals surface area contributed by atoms with E-state index in [1.165, 1.54) is 0 Å². The fourth-order valence-corrected chi connectivity index (χ4v) is 4.18. The molecule has 0 heterocycles. The Hall–Kier alpha value is -3.25. The van der Waals surface area contributed by atoms with Gasteiger partial charge in [0.25, 0.3) is 5.91 Å². The van der Waals surface area contributed by atoms with Crippen LogP contribution in [-0.2, 0) is 12.4 Å². The molecule has 0 aliphatic heterocycles. The van der Waals surface area contributed by atoms with Crippen molar-refractivity contribution in [3.63, 3.8) is 0 Å². The van der Waals surface area contributed by atoms with Crippen LogP contribution in [0.5, 0.6) is 5.75 Å². The van der Waals surface area contributed by atoms with Gasteiger partial charge in [0.05, 0.1) is 6.21 Å². The van der Waals surface area contributed by atoms with E-state index in [2.05, 4.69) is 10.5 Å². The summed E-state index contributed by atoms with van der Waals surface area (Å²) in [6.45, 7) is 0.458. The van der Waals surface area contributed by atoms with Crippen molar-refractivity contribution in [1.82, 2.24) is 5.43 Å². The van der Waals surface area contributed by atoms with E-state index in [0.29, 0.717) is 17.2 Å². The van der Waals surface area contributed by atoms with Gasteiger partial charge in [-0.2, -0.15) is 5.10 Å². The molecule has 0 aliphatic rings. The third kappa shape index (κ3) is 7.89. The number of benzene rings is 4. The number of halogens is 2. The van der Waals surface area contributed by atoms with E-state index in [-0.39, 0.29) is 5.91 Å². The van der Waals surface area contributed by atoms with Crippen LogP contribution in [0.4, 0.5) is 0 Å². The molecule has 0 bridgehead atoms. The molecule has 0 saturated heterocycles. The second kappa shape index (κ2) is 12.5. The molecule has 4 aromatic rings. The number of thioether (sulfide) groups is 1. The summed E-state index contributed by atoms with van der Waals surface area (Å²) < 4.78 is 5.78. The zero-order valence-electron chi connectivity index (χ0n) is 18.7. The Kier molecular flexibility index (Phi) is 8.85. The highest BCUT2D eigenvalue weighted by Gasteiger charge is 2.05. The summed E-state index contributed by atoms with van der Waals surface area (Å²) in [7, 11) is 0. The minimum atomic E-state index is -0.263. The van der Waals surface area contributed by atoms with Crippen LogP contribution in [-0.4, -0.2) is 12.1 Å². The molecule has 4 nitrogen and oxygen atoms in total. The van der Waals surface area contributed by atoms with Gasteiger partial charge >= 0.3 is 0 Å². The van der Waals surface area contributed by atoms with Crippen LogP contribution in [0.2, 0.25) is 10.0 Å². The summed E-state index contributed by atoms with van der Waals surface area (Å²) in [6, 6.07) is 30.3. The van der Waals surface area contributed by atoms with Gasteiger partial charge in [0.15, 0.2) is 0 Å². The van der Waals surface area contributed by atoms with Crippen molar-refractivity contribution in [3.05, 3.63) is 129 Å². The molecule has 0 fully saturated rings. The van der Waals surface area contributed by atoms with Crippen LogP contribution in [0.15, 0.2) is 107 Å². The molecule has 4 rings (SSSR count). The van der Waals surface area contributed by atoms with Crippen molar-refractivity contribution >= 4 is 47.1 Å². The van der Waals surface area contributed by atoms with Gasteiger partial charge in [-0.1, -0.05) is 47.5 Å². The molecule has 0 saturated carbocycles. The number of ether oxygens (including phenoxy) is 1. The van der Waals surface area contributed by atoms with Gasteiger partial charge < -0.3 is 4.74 Å². The average Bonchev–Trinajstić information content (AvgIpc) is 2.89. The van der Waals surface area contributed by atoms with Crippen molar-refractivity contribution in [2.45, 2.75) is 17.3 Å². The molecule has 176 valence electrons. The summed E-state index contributed by atoms with van der Waals surface area (Å²) in [5, 5.41) is 5.49. The Bertz CT molecular complexity index is 1270. The number of hydrogen-bond acceptors (Lipinski definition) is 4. The number of hydrazone groups is 1. The first-order valence-corrected chi connectivity index (χ1v) is 12.6. The maximum Gasteiger partial charge on any atom is 0.271 e. The summed E-state index contributed by atoms with van der Waals surface area (Å²) in [5.41, 5.74) is 6.13. The van der Waals surface area contributed by atoms with Gasteiger partial charge in [-0.15, -0.1) is 11.8 Å². The molecule has 0 aromatic heterocycles. The summed E-state index contributed by atoms with van der Waals surface area (Å²) in [5.74, 6) is 1.29. The molecule has 0 radical (unpaired) electrons. The number of nitrogens with zero attached hydrogens (tertiary/aromatic N) is 1. The first-order chi connectivity index (χ1) is 17.0. The van der Waals surface area contributed by atoms with Crippen molar-refractivity contribution in [2.75, 3.05) is 0 Å². The van der Waals surface area contributed by atoms with Gasteiger partial charge in [-0.3, -0.25) is 4.79 Å².